The first kappa shape index (κ1) is 22.1. The maximum absolute atomic E-state index is 3.89. The van der Waals surface area contributed by atoms with Gasteiger partial charge in [0.25, 0.3) is 0 Å². The zero-order valence-corrected chi connectivity index (χ0v) is 19.5. The van der Waals surface area contributed by atoms with Crippen molar-refractivity contribution in [2.24, 2.45) is 11.8 Å². The molecule has 0 bridgehead atoms. The summed E-state index contributed by atoms with van der Waals surface area (Å²) in [6, 6.07) is 16.8. The molecule has 2 aromatic rings. The van der Waals surface area contributed by atoms with Crippen molar-refractivity contribution in [1.29, 1.82) is 0 Å². The number of aryl methyl sites for hydroxylation is 1. The second-order valence-electron chi connectivity index (χ2n) is 9.94. The van der Waals surface area contributed by atoms with E-state index in [4.69, 9.17) is 0 Å². The molecule has 4 rings (SSSR count). The van der Waals surface area contributed by atoms with Crippen LogP contribution >= 0.6 is 0 Å². The molecule has 31 heavy (non-hydrogen) atoms. The van der Waals surface area contributed by atoms with E-state index in [1.54, 1.807) is 16.7 Å². The molecule has 1 saturated carbocycles. The molecular formula is C31H40. The Bertz CT molecular complexity index is 861. The van der Waals surface area contributed by atoms with Crippen molar-refractivity contribution in [3.63, 3.8) is 0 Å². The molecule has 1 unspecified atom stereocenters. The minimum atomic E-state index is 0.767. The van der Waals surface area contributed by atoms with Crippen molar-refractivity contribution in [2.45, 2.75) is 83.5 Å². The van der Waals surface area contributed by atoms with Gasteiger partial charge in [-0.25, -0.2) is 0 Å². The molecule has 0 spiro atoms. The van der Waals surface area contributed by atoms with Crippen LogP contribution < -0.4 is 0 Å². The lowest BCUT2D eigenvalue weighted by Gasteiger charge is -2.28. The van der Waals surface area contributed by atoms with Crippen LogP contribution in [0.2, 0.25) is 0 Å². The summed E-state index contributed by atoms with van der Waals surface area (Å²) < 4.78 is 0. The van der Waals surface area contributed by atoms with Gasteiger partial charge in [-0.3, -0.25) is 0 Å². The van der Waals surface area contributed by atoms with Gasteiger partial charge < -0.3 is 0 Å². The fourth-order valence-corrected chi connectivity index (χ4v) is 5.84. The van der Waals surface area contributed by atoms with E-state index in [-0.39, 0.29) is 0 Å². The van der Waals surface area contributed by atoms with Crippen molar-refractivity contribution in [3.05, 3.63) is 84.0 Å². The van der Waals surface area contributed by atoms with Crippen LogP contribution in [0.3, 0.4) is 0 Å². The van der Waals surface area contributed by atoms with Crippen LogP contribution in [0.1, 0.15) is 87.3 Å². The largest absolute Gasteiger partial charge is 0.103 e. The topological polar surface area (TPSA) is 0 Å². The van der Waals surface area contributed by atoms with E-state index in [2.05, 4.69) is 74.2 Å². The minimum absolute atomic E-state index is 0.767. The summed E-state index contributed by atoms with van der Waals surface area (Å²) in [4.78, 5) is 0. The van der Waals surface area contributed by atoms with Crippen LogP contribution in [0.15, 0.2) is 67.3 Å². The van der Waals surface area contributed by atoms with E-state index in [9.17, 15) is 0 Å². The highest BCUT2D eigenvalue weighted by atomic mass is 14.3. The zero-order chi connectivity index (χ0) is 21.5. The summed E-state index contributed by atoms with van der Waals surface area (Å²) in [6.07, 6.45) is 21.0. The van der Waals surface area contributed by atoms with Gasteiger partial charge in [-0.05, 0) is 123 Å². The quantitative estimate of drug-likeness (QED) is 0.379. The van der Waals surface area contributed by atoms with E-state index < -0.39 is 0 Å². The molecule has 2 aromatic carbocycles. The molecule has 0 saturated heterocycles. The van der Waals surface area contributed by atoms with Crippen molar-refractivity contribution < 1.29 is 0 Å². The first-order valence-electron chi connectivity index (χ1n) is 12.7. The molecule has 0 radical (unpaired) electrons. The fourth-order valence-electron chi connectivity index (χ4n) is 5.84. The number of rotatable bonds is 8. The van der Waals surface area contributed by atoms with Crippen molar-refractivity contribution in [2.75, 3.05) is 0 Å². The van der Waals surface area contributed by atoms with Crippen molar-refractivity contribution in [1.82, 2.24) is 0 Å². The molecule has 0 N–H and O–H groups in total. The SMILES string of the molecule is C=CCCC1CCc2cc(-c3ccc(C4CCC(CC/C=C/C)CC4)cc3)ccc2C1. The average Bonchev–Trinajstić information content (AvgIpc) is 2.83. The molecule has 2 aliphatic rings. The first-order chi connectivity index (χ1) is 15.3. The van der Waals surface area contributed by atoms with Crippen LogP contribution in [0.25, 0.3) is 11.1 Å². The molecule has 0 aromatic heterocycles. The van der Waals surface area contributed by atoms with Crippen molar-refractivity contribution in [3.8, 4) is 11.1 Å². The molecule has 164 valence electrons. The third-order valence-corrected chi connectivity index (χ3v) is 7.86. The molecule has 0 heteroatoms. The Morgan fingerprint density at radius 3 is 2.29 bits per heavy atom. The molecule has 1 fully saturated rings. The monoisotopic (exact) mass is 412 g/mol. The van der Waals surface area contributed by atoms with Crippen molar-refractivity contribution >= 4 is 0 Å². The lowest BCUT2D eigenvalue weighted by Crippen LogP contribution is -2.14. The molecular weight excluding hydrogens is 372 g/mol. The normalized spacial score (nSPS) is 23.6. The first-order valence-corrected chi connectivity index (χ1v) is 12.7. The Hall–Kier alpha value is -2.08. The van der Waals surface area contributed by atoms with Crippen LogP contribution in [0, 0.1) is 11.8 Å². The van der Waals surface area contributed by atoms with E-state index >= 15 is 0 Å². The summed E-state index contributed by atoms with van der Waals surface area (Å²) in [5.74, 6) is 2.55. The number of hydrogen-bond acceptors (Lipinski definition) is 0. The standard InChI is InChI=1S/C31H40/c1-3-5-7-9-24-10-13-26(14-11-24)27-16-18-28(19-17-27)30-21-20-29-22-25(8-6-4-2)12-15-31(29)23-30/h3-5,16-21,23-26H,2,6-15,22H2,1H3/b5-3+. The summed E-state index contributed by atoms with van der Waals surface area (Å²) in [5.41, 5.74) is 7.47. The maximum atomic E-state index is 3.89. The molecule has 0 amide bonds. The van der Waals surface area contributed by atoms with Gasteiger partial charge in [0.1, 0.15) is 0 Å². The van der Waals surface area contributed by atoms with Crippen LogP contribution in [0.4, 0.5) is 0 Å². The van der Waals surface area contributed by atoms with Gasteiger partial charge in [0.2, 0.25) is 0 Å². The number of fused-ring (bicyclic) bond motifs is 1. The lowest BCUT2D eigenvalue weighted by atomic mass is 9.77. The predicted molar refractivity (Wildman–Crippen MR) is 136 cm³/mol. The summed E-state index contributed by atoms with van der Waals surface area (Å²) in [6.45, 7) is 6.02. The average molecular weight is 413 g/mol. The third-order valence-electron chi connectivity index (χ3n) is 7.86. The summed E-state index contributed by atoms with van der Waals surface area (Å²) in [7, 11) is 0. The highest BCUT2D eigenvalue weighted by Gasteiger charge is 2.22. The van der Waals surface area contributed by atoms with Gasteiger partial charge in [-0.15, -0.1) is 6.58 Å². The molecule has 0 heterocycles. The van der Waals surface area contributed by atoms with E-state index in [0.29, 0.717) is 0 Å². The lowest BCUT2D eigenvalue weighted by molar-refractivity contribution is 0.312. The zero-order valence-electron chi connectivity index (χ0n) is 19.5. The number of benzene rings is 2. The fraction of sp³-hybridized carbons (Fsp3) is 0.484. The van der Waals surface area contributed by atoms with Crippen LogP contribution in [0.5, 0.6) is 0 Å². The molecule has 0 nitrogen and oxygen atoms in total. The molecule has 2 aliphatic carbocycles. The highest BCUT2D eigenvalue weighted by Crippen LogP contribution is 2.38. The van der Waals surface area contributed by atoms with Gasteiger partial charge in [0.05, 0.1) is 0 Å². The summed E-state index contributed by atoms with van der Waals surface area (Å²) in [5, 5.41) is 0. The van der Waals surface area contributed by atoms with Crippen LogP contribution in [-0.4, -0.2) is 0 Å². The second-order valence-corrected chi connectivity index (χ2v) is 9.94. The second kappa shape index (κ2) is 11.0. The van der Waals surface area contributed by atoms with Crippen LogP contribution in [-0.2, 0) is 12.8 Å². The smallest absolute Gasteiger partial charge is 0.0162 e. The number of allylic oxidation sites excluding steroid dienone is 3. The minimum Gasteiger partial charge on any atom is -0.103 e. The Labute approximate surface area is 190 Å². The molecule has 1 atom stereocenters. The Morgan fingerprint density at radius 1 is 0.806 bits per heavy atom. The highest BCUT2D eigenvalue weighted by molar-refractivity contribution is 5.65. The van der Waals surface area contributed by atoms with Gasteiger partial charge in [-0.1, -0.05) is 60.7 Å². The van der Waals surface area contributed by atoms with Gasteiger partial charge in [-0.2, -0.15) is 0 Å². The van der Waals surface area contributed by atoms with E-state index in [0.717, 1.165) is 24.2 Å². The van der Waals surface area contributed by atoms with Gasteiger partial charge in [0, 0.05) is 0 Å². The number of hydrogen-bond donors (Lipinski definition) is 0. The van der Waals surface area contributed by atoms with E-state index in [1.807, 2.05) is 0 Å². The third kappa shape index (κ3) is 5.79. The van der Waals surface area contributed by atoms with E-state index in [1.165, 1.54) is 75.3 Å². The summed E-state index contributed by atoms with van der Waals surface area (Å²) >= 11 is 0. The maximum Gasteiger partial charge on any atom is -0.0162 e. The molecule has 0 aliphatic heterocycles. The van der Waals surface area contributed by atoms with Gasteiger partial charge in [0.15, 0.2) is 0 Å². The Morgan fingerprint density at radius 2 is 1.55 bits per heavy atom. The Balaban J connectivity index is 1.35. The Kier molecular flexibility index (Phi) is 7.84. The van der Waals surface area contributed by atoms with Gasteiger partial charge >= 0.3 is 0 Å². The predicted octanol–water partition coefficient (Wildman–Crippen LogP) is 9.05.